The molecule has 4 aliphatic rings. The molecular weight excluding hydrogens is 410 g/mol. The number of carbonyl (C=O) groups excluding carboxylic acids is 1. The number of aromatic nitrogens is 2. The van der Waals surface area contributed by atoms with Gasteiger partial charge >= 0.3 is 0 Å². The van der Waals surface area contributed by atoms with E-state index in [0.717, 1.165) is 61.3 Å². The molecule has 0 saturated heterocycles. The molecule has 1 amide bonds. The Morgan fingerprint density at radius 2 is 1.79 bits per heavy atom. The van der Waals surface area contributed by atoms with Gasteiger partial charge in [0.05, 0.1) is 17.4 Å². The highest BCUT2D eigenvalue weighted by molar-refractivity contribution is 5.99. The molecule has 1 aliphatic heterocycles. The SMILES string of the molecule is C[C@H]1CCc2c(ccc(-c3ncc(C4CCCCCC4)[nH]3)c2OC2CCC2)N1C(=O)C1CC1. The van der Waals surface area contributed by atoms with E-state index in [-0.39, 0.29) is 12.0 Å². The third kappa shape index (κ3) is 4.08. The van der Waals surface area contributed by atoms with Crippen molar-refractivity contribution in [1.29, 1.82) is 0 Å². The van der Waals surface area contributed by atoms with Gasteiger partial charge in [-0.05, 0) is 76.8 Å². The number of fused-ring (bicyclic) bond motifs is 1. The molecule has 5 nitrogen and oxygen atoms in total. The first-order chi connectivity index (χ1) is 16.2. The Hall–Kier alpha value is -2.30. The van der Waals surface area contributed by atoms with Crippen molar-refractivity contribution in [3.8, 4) is 17.1 Å². The van der Waals surface area contributed by atoms with Gasteiger partial charge in [0, 0.05) is 35.3 Å². The van der Waals surface area contributed by atoms with Gasteiger partial charge in [0.15, 0.2) is 0 Å². The lowest BCUT2D eigenvalue weighted by atomic mass is 9.91. The van der Waals surface area contributed by atoms with E-state index in [4.69, 9.17) is 9.72 Å². The van der Waals surface area contributed by atoms with Gasteiger partial charge in [0.1, 0.15) is 11.6 Å². The summed E-state index contributed by atoms with van der Waals surface area (Å²) >= 11 is 0. The van der Waals surface area contributed by atoms with Crippen molar-refractivity contribution in [2.45, 2.75) is 108 Å². The molecule has 0 bridgehead atoms. The molecule has 33 heavy (non-hydrogen) atoms. The quantitative estimate of drug-likeness (QED) is 0.531. The molecule has 3 aliphatic carbocycles. The van der Waals surface area contributed by atoms with Crippen LogP contribution in [0.5, 0.6) is 5.75 Å². The van der Waals surface area contributed by atoms with Crippen molar-refractivity contribution in [2.75, 3.05) is 4.90 Å². The van der Waals surface area contributed by atoms with Gasteiger partial charge in [0.25, 0.3) is 0 Å². The molecule has 1 aromatic heterocycles. The normalized spacial score (nSPS) is 24.2. The average molecular weight is 448 g/mol. The van der Waals surface area contributed by atoms with E-state index >= 15 is 0 Å². The van der Waals surface area contributed by atoms with Gasteiger partial charge in [-0.25, -0.2) is 4.98 Å². The minimum atomic E-state index is 0.223. The molecule has 1 atom stereocenters. The second-order valence-corrected chi connectivity index (χ2v) is 10.9. The number of benzene rings is 1. The third-order valence-electron chi connectivity index (χ3n) is 8.39. The number of nitrogens with zero attached hydrogens (tertiary/aromatic N) is 2. The van der Waals surface area contributed by atoms with Crippen molar-refractivity contribution in [3.05, 3.63) is 29.6 Å². The number of H-pyrrole nitrogens is 1. The number of hydrogen-bond donors (Lipinski definition) is 1. The summed E-state index contributed by atoms with van der Waals surface area (Å²) in [5.74, 6) is 3.01. The lowest BCUT2D eigenvalue weighted by Gasteiger charge is -2.38. The van der Waals surface area contributed by atoms with Gasteiger partial charge in [-0.1, -0.05) is 25.7 Å². The first-order valence-electron chi connectivity index (χ1n) is 13.4. The van der Waals surface area contributed by atoms with E-state index in [0.29, 0.717) is 17.9 Å². The maximum absolute atomic E-state index is 13.2. The standard InChI is InChI=1S/C28H37N3O2/c1-18-11-14-22-25(31(18)28(32)20-12-13-20)16-15-23(26(22)33-21-9-6-10-21)27-29-17-24(30-27)19-7-4-2-3-5-8-19/h15-21H,2-14H2,1H3,(H,29,30)/t18-/m0/s1. The number of carbonyl (C=O) groups is 1. The Labute approximate surface area is 197 Å². The average Bonchev–Trinajstić information content (AvgIpc) is 3.58. The molecule has 5 heteroatoms. The fourth-order valence-corrected chi connectivity index (χ4v) is 5.91. The fourth-order valence-electron chi connectivity index (χ4n) is 5.91. The van der Waals surface area contributed by atoms with Crippen molar-refractivity contribution >= 4 is 11.6 Å². The zero-order chi connectivity index (χ0) is 22.4. The summed E-state index contributed by atoms with van der Waals surface area (Å²) in [5.41, 5.74) is 4.62. The van der Waals surface area contributed by atoms with Crippen LogP contribution in [0.1, 0.15) is 101 Å². The van der Waals surface area contributed by atoms with E-state index in [9.17, 15) is 4.79 Å². The number of ether oxygens (including phenoxy) is 1. The van der Waals surface area contributed by atoms with E-state index in [2.05, 4.69) is 35.1 Å². The molecule has 1 aromatic carbocycles. The highest BCUT2D eigenvalue weighted by atomic mass is 16.5. The van der Waals surface area contributed by atoms with E-state index < -0.39 is 0 Å². The van der Waals surface area contributed by atoms with Crippen LogP contribution in [0.4, 0.5) is 5.69 Å². The highest BCUT2D eigenvalue weighted by Gasteiger charge is 2.39. The lowest BCUT2D eigenvalue weighted by molar-refractivity contribution is -0.120. The second-order valence-electron chi connectivity index (χ2n) is 10.9. The van der Waals surface area contributed by atoms with Crippen LogP contribution in [0.15, 0.2) is 18.3 Å². The Morgan fingerprint density at radius 1 is 1.00 bits per heavy atom. The van der Waals surface area contributed by atoms with Gasteiger partial charge in [-0.15, -0.1) is 0 Å². The van der Waals surface area contributed by atoms with Crippen molar-refractivity contribution in [3.63, 3.8) is 0 Å². The Balaban J connectivity index is 1.38. The summed E-state index contributed by atoms with van der Waals surface area (Å²) in [4.78, 5) is 23.8. The van der Waals surface area contributed by atoms with Crippen LogP contribution in [-0.4, -0.2) is 28.0 Å². The van der Waals surface area contributed by atoms with Crippen LogP contribution in [-0.2, 0) is 11.2 Å². The zero-order valence-corrected chi connectivity index (χ0v) is 19.9. The van der Waals surface area contributed by atoms with Crippen LogP contribution in [0.25, 0.3) is 11.4 Å². The zero-order valence-electron chi connectivity index (χ0n) is 19.9. The Bertz CT molecular complexity index is 1010. The summed E-state index contributed by atoms with van der Waals surface area (Å²) in [7, 11) is 0. The summed E-state index contributed by atoms with van der Waals surface area (Å²) in [6.45, 7) is 2.19. The van der Waals surface area contributed by atoms with E-state index in [1.807, 2.05) is 0 Å². The molecule has 2 heterocycles. The number of hydrogen-bond acceptors (Lipinski definition) is 3. The minimum absolute atomic E-state index is 0.223. The lowest BCUT2D eigenvalue weighted by Crippen LogP contribution is -2.43. The second kappa shape index (κ2) is 8.81. The van der Waals surface area contributed by atoms with Gasteiger partial charge in [0.2, 0.25) is 5.91 Å². The summed E-state index contributed by atoms with van der Waals surface area (Å²) in [6.07, 6.45) is 17.7. The molecule has 6 rings (SSSR count). The minimum Gasteiger partial charge on any atom is -0.489 e. The van der Waals surface area contributed by atoms with Gasteiger partial charge < -0.3 is 14.6 Å². The molecule has 1 N–H and O–H groups in total. The number of nitrogens with one attached hydrogen (secondary N) is 1. The monoisotopic (exact) mass is 447 g/mol. The van der Waals surface area contributed by atoms with Gasteiger partial charge in [-0.3, -0.25) is 4.79 Å². The number of amides is 1. The molecule has 176 valence electrons. The molecule has 0 radical (unpaired) electrons. The van der Waals surface area contributed by atoms with E-state index in [1.54, 1.807) is 0 Å². The summed E-state index contributed by atoms with van der Waals surface area (Å²) < 4.78 is 6.65. The first kappa shape index (κ1) is 21.2. The predicted octanol–water partition coefficient (Wildman–Crippen LogP) is 6.52. The fraction of sp³-hybridized carbons (Fsp3) is 0.643. The van der Waals surface area contributed by atoms with Crippen LogP contribution >= 0.6 is 0 Å². The van der Waals surface area contributed by atoms with Crippen molar-refractivity contribution < 1.29 is 9.53 Å². The van der Waals surface area contributed by atoms with Crippen molar-refractivity contribution in [2.24, 2.45) is 5.92 Å². The molecule has 3 fully saturated rings. The van der Waals surface area contributed by atoms with Crippen LogP contribution in [0.3, 0.4) is 0 Å². The van der Waals surface area contributed by atoms with E-state index in [1.165, 1.54) is 56.2 Å². The van der Waals surface area contributed by atoms with Crippen LogP contribution in [0, 0.1) is 5.92 Å². The Morgan fingerprint density at radius 3 is 2.48 bits per heavy atom. The van der Waals surface area contributed by atoms with Gasteiger partial charge in [-0.2, -0.15) is 0 Å². The summed E-state index contributed by atoms with van der Waals surface area (Å²) in [5, 5.41) is 0. The third-order valence-corrected chi connectivity index (χ3v) is 8.39. The maximum atomic E-state index is 13.2. The molecule has 0 unspecified atom stereocenters. The van der Waals surface area contributed by atoms with Crippen molar-refractivity contribution in [1.82, 2.24) is 9.97 Å². The molecule has 2 aromatic rings. The molecule has 0 spiro atoms. The number of aromatic amines is 1. The first-order valence-corrected chi connectivity index (χ1v) is 13.4. The number of rotatable bonds is 5. The van der Waals surface area contributed by atoms with Crippen LogP contribution < -0.4 is 9.64 Å². The topological polar surface area (TPSA) is 58.2 Å². The number of anilines is 1. The molecular formula is C28H37N3O2. The van der Waals surface area contributed by atoms with Crippen LogP contribution in [0.2, 0.25) is 0 Å². The maximum Gasteiger partial charge on any atom is 0.230 e. The number of imidazole rings is 1. The predicted molar refractivity (Wildman–Crippen MR) is 131 cm³/mol. The molecule has 3 saturated carbocycles. The highest BCUT2D eigenvalue weighted by Crippen LogP contribution is 2.46. The Kier molecular flexibility index (Phi) is 5.67. The largest absolute Gasteiger partial charge is 0.489 e. The smallest absolute Gasteiger partial charge is 0.230 e. The summed E-state index contributed by atoms with van der Waals surface area (Å²) in [6, 6.07) is 4.55.